The van der Waals surface area contributed by atoms with Crippen LogP contribution in [0.3, 0.4) is 0 Å². The van der Waals surface area contributed by atoms with Crippen LogP contribution in [-0.4, -0.2) is 16.3 Å². The molecule has 1 aromatic rings. The highest BCUT2D eigenvalue weighted by molar-refractivity contribution is 5.07. The molecule has 1 N–H and O–H groups in total. The third kappa shape index (κ3) is 2.09. The lowest BCUT2D eigenvalue weighted by Crippen LogP contribution is -2.02. The first-order chi connectivity index (χ1) is 5.38. The van der Waals surface area contributed by atoms with Gasteiger partial charge in [0.2, 0.25) is 0 Å². The van der Waals surface area contributed by atoms with Gasteiger partial charge in [0.25, 0.3) is 0 Å². The van der Waals surface area contributed by atoms with Gasteiger partial charge < -0.3 is 9.67 Å². The molecule has 0 radical (unpaired) electrons. The fourth-order valence-electron chi connectivity index (χ4n) is 1.25. The molecule has 1 rings (SSSR count). The Morgan fingerprint density at radius 1 is 1.55 bits per heavy atom. The van der Waals surface area contributed by atoms with Crippen LogP contribution in [0.25, 0.3) is 0 Å². The smallest absolute Gasteiger partial charge is 0.0485 e. The Labute approximate surface area is 67.5 Å². The van der Waals surface area contributed by atoms with E-state index >= 15 is 0 Å². The Morgan fingerprint density at radius 2 is 2.36 bits per heavy atom. The lowest BCUT2D eigenvalue weighted by atomic mass is 10.3. The van der Waals surface area contributed by atoms with E-state index in [2.05, 4.69) is 23.8 Å². The van der Waals surface area contributed by atoms with Gasteiger partial charge in [-0.25, -0.2) is 0 Å². The van der Waals surface area contributed by atoms with Crippen molar-refractivity contribution in [2.45, 2.75) is 26.3 Å². The molecule has 0 amide bonds. The Kier molecular flexibility index (Phi) is 3.17. The SMILES string of the molecule is CCCn1cccc1CCO. The lowest BCUT2D eigenvalue weighted by molar-refractivity contribution is 0.296. The van der Waals surface area contributed by atoms with Gasteiger partial charge in [0.05, 0.1) is 0 Å². The largest absolute Gasteiger partial charge is 0.396 e. The van der Waals surface area contributed by atoms with Gasteiger partial charge in [0.1, 0.15) is 0 Å². The minimum atomic E-state index is 0.244. The molecule has 0 atom stereocenters. The molecule has 62 valence electrons. The van der Waals surface area contributed by atoms with Gasteiger partial charge >= 0.3 is 0 Å². The summed E-state index contributed by atoms with van der Waals surface area (Å²) in [4.78, 5) is 0. The predicted octanol–water partition coefficient (Wildman–Crippen LogP) is 1.43. The Morgan fingerprint density at radius 3 is 3.00 bits per heavy atom. The number of hydrogen-bond acceptors (Lipinski definition) is 1. The van der Waals surface area contributed by atoms with Gasteiger partial charge in [-0.2, -0.15) is 0 Å². The number of aromatic nitrogens is 1. The molecule has 1 aromatic heterocycles. The van der Waals surface area contributed by atoms with Crippen molar-refractivity contribution in [2.24, 2.45) is 0 Å². The first-order valence-corrected chi connectivity index (χ1v) is 4.13. The second-order valence-corrected chi connectivity index (χ2v) is 2.67. The van der Waals surface area contributed by atoms with Gasteiger partial charge in [-0.05, 0) is 18.6 Å². The van der Waals surface area contributed by atoms with Crippen molar-refractivity contribution < 1.29 is 5.11 Å². The van der Waals surface area contributed by atoms with E-state index in [1.165, 1.54) is 5.69 Å². The average Bonchev–Trinajstić information content (AvgIpc) is 2.39. The van der Waals surface area contributed by atoms with Gasteiger partial charge in [0.15, 0.2) is 0 Å². The van der Waals surface area contributed by atoms with Crippen molar-refractivity contribution in [2.75, 3.05) is 6.61 Å². The number of aryl methyl sites for hydroxylation is 1. The highest BCUT2D eigenvalue weighted by atomic mass is 16.3. The Hall–Kier alpha value is -0.760. The molecular formula is C9H15NO. The van der Waals surface area contributed by atoms with E-state index in [-0.39, 0.29) is 6.61 Å². The Balaban J connectivity index is 2.62. The summed E-state index contributed by atoms with van der Waals surface area (Å²) in [7, 11) is 0. The number of aliphatic hydroxyl groups is 1. The summed E-state index contributed by atoms with van der Waals surface area (Å²) in [5, 5.41) is 8.72. The second-order valence-electron chi connectivity index (χ2n) is 2.67. The molecular weight excluding hydrogens is 138 g/mol. The first kappa shape index (κ1) is 8.34. The monoisotopic (exact) mass is 153 g/mol. The molecule has 11 heavy (non-hydrogen) atoms. The molecule has 0 aliphatic rings. The minimum Gasteiger partial charge on any atom is -0.396 e. The lowest BCUT2D eigenvalue weighted by Gasteiger charge is -2.05. The number of aliphatic hydroxyl groups excluding tert-OH is 1. The predicted molar refractivity (Wildman–Crippen MR) is 45.5 cm³/mol. The fraction of sp³-hybridized carbons (Fsp3) is 0.556. The van der Waals surface area contributed by atoms with Crippen molar-refractivity contribution in [1.29, 1.82) is 0 Å². The maximum atomic E-state index is 8.72. The van der Waals surface area contributed by atoms with Gasteiger partial charge in [-0.1, -0.05) is 6.92 Å². The summed E-state index contributed by atoms with van der Waals surface area (Å²) < 4.78 is 2.19. The number of nitrogens with zero attached hydrogens (tertiary/aromatic N) is 1. The van der Waals surface area contributed by atoms with E-state index in [0.29, 0.717) is 0 Å². The second kappa shape index (κ2) is 4.19. The van der Waals surface area contributed by atoms with E-state index in [4.69, 9.17) is 5.11 Å². The first-order valence-electron chi connectivity index (χ1n) is 4.13. The summed E-state index contributed by atoms with van der Waals surface area (Å²) >= 11 is 0. The molecule has 2 heteroatoms. The van der Waals surface area contributed by atoms with E-state index in [9.17, 15) is 0 Å². The maximum Gasteiger partial charge on any atom is 0.0485 e. The zero-order chi connectivity index (χ0) is 8.10. The highest BCUT2D eigenvalue weighted by Gasteiger charge is 1.97. The molecule has 0 bridgehead atoms. The quantitative estimate of drug-likeness (QED) is 0.695. The van der Waals surface area contributed by atoms with E-state index in [1.807, 2.05) is 6.07 Å². The topological polar surface area (TPSA) is 25.2 Å². The number of hydrogen-bond donors (Lipinski definition) is 1. The van der Waals surface area contributed by atoms with Crippen LogP contribution in [0.5, 0.6) is 0 Å². The highest BCUT2D eigenvalue weighted by Crippen LogP contribution is 2.03. The molecule has 0 aromatic carbocycles. The third-order valence-electron chi connectivity index (χ3n) is 1.76. The molecule has 0 spiro atoms. The molecule has 1 heterocycles. The molecule has 0 aliphatic carbocycles. The van der Waals surface area contributed by atoms with Crippen LogP contribution in [0.4, 0.5) is 0 Å². The summed E-state index contributed by atoms with van der Waals surface area (Å²) in [5.41, 5.74) is 1.23. The van der Waals surface area contributed by atoms with Crippen LogP contribution >= 0.6 is 0 Å². The van der Waals surface area contributed by atoms with Crippen molar-refractivity contribution in [3.05, 3.63) is 24.0 Å². The molecule has 0 saturated heterocycles. The summed E-state index contributed by atoms with van der Waals surface area (Å²) in [6.45, 7) is 3.46. The van der Waals surface area contributed by atoms with E-state index in [1.54, 1.807) is 0 Å². The minimum absolute atomic E-state index is 0.244. The van der Waals surface area contributed by atoms with Crippen LogP contribution in [0, 0.1) is 0 Å². The molecule has 2 nitrogen and oxygen atoms in total. The molecule has 0 aliphatic heterocycles. The maximum absolute atomic E-state index is 8.72. The van der Waals surface area contributed by atoms with E-state index < -0.39 is 0 Å². The van der Waals surface area contributed by atoms with Gasteiger partial charge in [-0.3, -0.25) is 0 Å². The van der Waals surface area contributed by atoms with Gasteiger partial charge in [0, 0.05) is 31.5 Å². The van der Waals surface area contributed by atoms with Gasteiger partial charge in [-0.15, -0.1) is 0 Å². The van der Waals surface area contributed by atoms with Crippen LogP contribution in [0.1, 0.15) is 19.0 Å². The molecule has 0 fully saturated rings. The summed E-state index contributed by atoms with van der Waals surface area (Å²) in [5.74, 6) is 0. The Bertz CT molecular complexity index is 185. The standard InChI is InChI=1S/C9H15NO/c1-2-6-10-7-3-4-9(10)5-8-11/h3-4,7,11H,2,5-6,8H2,1H3. The number of rotatable bonds is 4. The summed E-state index contributed by atoms with van der Waals surface area (Å²) in [6.07, 6.45) is 3.98. The summed E-state index contributed by atoms with van der Waals surface area (Å²) in [6, 6.07) is 4.09. The average molecular weight is 153 g/mol. The molecule has 0 unspecified atom stereocenters. The van der Waals surface area contributed by atoms with Crippen LogP contribution in [0.15, 0.2) is 18.3 Å². The van der Waals surface area contributed by atoms with Crippen LogP contribution in [-0.2, 0) is 13.0 Å². The van der Waals surface area contributed by atoms with Crippen molar-refractivity contribution >= 4 is 0 Å². The van der Waals surface area contributed by atoms with Crippen molar-refractivity contribution in [3.8, 4) is 0 Å². The van der Waals surface area contributed by atoms with Crippen LogP contribution in [0.2, 0.25) is 0 Å². The van der Waals surface area contributed by atoms with Crippen molar-refractivity contribution in [3.63, 3.8) is 0 Å². The zero-order valence-corrected chi connectivity index (χ0v) is 6.95. The van der Waals surface area contributed by atoms with Crippen LogP contribution < -0.4 is 0 Å². The molecule has 0 saturated carbocycles. The fourth-order valence-corrected chi connectivity index (χ4v) is 1.25. The normalized spacial score (nSPS) is 10.4. The zero-order valence-electron chi connectivity index (χ0n) is 6.95. The van der Waals surface area contributed by atoms with Crippen molar-refractivity contribution in [1.82, 2.24) is 4.57 Å². The third-order valence-corrected chi connectivity index (χ3v) is 1.76. The van der Waals surface area contributed by atoms with E-state index in [0.717, 1.165) is 19.4 Å².